The van der Waals surface area contributed by atoms with Crippen molar-refractivity contribution >= 4 is 45.0 Å². The van der Waals surface area contributed by atoms with Gasteiger partial charge in [0.25, 0.3) is 11.8 Å². The number of para-hydroxylation sites is 1. The SMILES string of the molecule is O=C(CN1N=N[C@@H]2C(=O)N(c3ccc(Br)cc3)C(=O)[C@H]21)Nc1ccccc1F. The Kier molecular flexibility index (Phi) is 4.63. The van der Waals surface area contributed by atoms with Crippen molar-refractivity contribution in [2.24, 2.45) is 10.3 Å². The minimum atomic E-state index is -1.00. The average Bonchev–Trinajstić information content (AvgIpc) is 3.18. The van der Waals surface area contributed by atoms with Crippen LogP contribution in [0.15, 0.2) is 63.3 Å². The average molecular weight is 446 g/mol. The third-order valence-corrected chi connectivity index (χ3v) is 4.92. The highest BCUT2D eigenvalue weighted by Crippen LogP contribution is 2.32. The highest BCUT2D eigenvalue weighted by molar-refractivity contribution is 9.10. The second kappa shape index (κ2) is 7.12. The van der Waals surface area contributed by atoms with E-state index in [1.807, 2.05) is 0 Å². The Hall–Kier alpha value is -3.14. The molecule has 2 aromatic rings. The molecule has 8 nitrogen and oxygen atoms in total. The van der Waals surface area contributed by atoms with Crippen LogP contribution in [-0.4, -0.2) is 41.4 Å². The van der Waals surface area contributed by atoms with Gasteiger partial charge in [0.05, 0.1) is 11.4 Å². The Morgan fingerprint density at radius 3 is 2.54 bits per heavy atom. The van der Waals surface area contributed by atoms with E-state index in [1.54, 1.807) is 30.3 Å². The molecule has 0 bridgehead atoms. The first-order chi connectivity index (χ1) is 13.5. The maximum absolute atomic E-state index is 13.7. The molecule has 0 saturated carbocycles. The standard InChI is InChI=1S/C18H13BrFN5O3/c19-10-5-7-11(8-6-10)25-17(27)15-16(18(25)28)24(23-22-15)9-14(26)21-13-4-2-1-3-12(13)20/h1-8,15-16H,9H2,(H,21,26)/t15-,16-/m0/s1. The number of nitrogens with one attached hydrogen (secondary N) is 1. The largest absolute Gasteiger partial charge is 0.322 e. The lowest BCUT2D eigenvalue weighted by atomic mass is 10.1. The predicted octanol–water partition coefficient (Wildman–Crippen LogP) is 2.52. The highest BCUT2D eigenvalue weighted by atomic mass is 79.9. The lowest BCUT2D eigenvalue weighted by Crippen LogP contribution is -2.43. The number of hydrogen-bond donors (Lipinski definition) is 1. The Morgan fingerprint density at radius 2 is 1.82 bits per heavy atom. The summed E-state index contributed by atoms with van der Waals surface area (Å²) >= 11 is 3.30. The van der Waals surface area contributed by atoms with E-state index in [2.05, 4.69) is 31.6 Å². The minimum absolute atomic E-state index is 0.0190. The maximum atomic E-state index is 13.7. The zero-order valence-corrected chi connectivity index (χ0v) is 15.8. The predicted molar refractivity (Wildman–Crippen MR) is 101 cm³/mol. The molecule has 2 aromatic carbocycles. The number of rotatable bonds is 4. The number of benzene rings is 2. The molecule has 0 spiro atoms. The Labute approximate surface area is 167 Å². The Balaban J connectivity index is 1.49. The molecule has 0 unspecified atom stereocenters. The quantitative estimate of drug-likeness (QED) is 0.731. The van der Waals surface area contributed by atoms with Gasteiger partial charge in [-0.3, -0.25) is 19.4 Å². The van der Waals surface area contributed by atoms with E-state index in [0.29, 0.717) is 5.69 Å². The van der Waals surface area contributed by atoms with Gasteiger partial charge >= 0.3 is 0 Å². The van der Waals surface area contributed by atoms with Crippen molar-refractivity contribution in [1.29, 1.82) is 0 Å². The topological polar surface area (TPSA) is 94.4 Å². The molecule has 1 fully saturated rings. The van der Waals surface area contributed by atoms with Crippen molar-refractivity contribution in [3.8, 4) is 0 Å². The van der Waals surface area contributed by atoms with Crippen molar-refractivity contribution < 1.29 is 18.8 Å². The van der Waals surface area contributed by atoms with Gasteiger partial charge in [-0.15, -0.1) is 0 Å². The Morgan fingerprint density at radius 1 is 1.11 bits per heavy atom. The van der Waals surface area contributed by atoms with Gasteiger partial charge in [0, 0.05) is 4.47 Å². The molecule has 2 heterocycles. The van der Waals surface area contributed by atoms with E-state index < -0.39 is 35.6 Å². The number of amides is 3. The summed E-state index contributed by atoms with van der Waals surface area (Å²) in [5.74, 6) is -2.17. The fraction of sp³-hybridized carbons (Fsp3) is 0.167. The van der Waals surface area contributed by atoms with E-state index in [9.17, 15) is 18.8 Å². The van der Waals surface area contributed by atoms with Gasteiger partial charge in [-0.05, 0) is 36.4 Å². The zero-order valence-electron chi connectivity index (χ0n) is 14.3. The summed E-state index contributed by atoms with van der Waals surface area (Å²) in [7, 11) is 0. The molecule has 2 aliphatic rings. The molecule has 2 atom stereocenters. The lowest BCUT2D eigenvalue weighted by molar-refractivity contribution is -0.123. The van der Waals surface area contributed by atoms with Gasteiger partial charge in [0.1, 0.15) is 12.4 Å². The van der Waals surface area contributed by atoms with Gasteiger partial charge in [0.15, 0.2) is 12.1 Å². The molecule has 0 aromatic heterocycles. The van der Waals surface area contributed by atoms with Crippen LogP contribution in [0.2, 0.25) is 0 Å². The van der Waals surface area contributed by atoms with Crippen LogP contribution in [0.5, 0.6) is 0 Å². The van der Waals surface area contributed by atoms with Gasteiger partial charge in [-0.25, -0.2) is 9.29 Å². The molecule has 3 amide bonds. The van der Waals surface area contributed by atoms with Crippen molar-refractivity contribution in [1.82, 2.24) is 5.01 Å². The molecule has 2 aliphatic heterocycles. The third kappa shape index (κ3) is 3.15. The van der Waals surface area contributed by atoms with Crippen molar-refractivity contribution in [3.05, 3.63) is 58.8 Å². The summed E-state index contributed by atoms with van der Waals surface area (Å²) < 4.78 is 14.5. The fourth-order valence-electron chi connectivity index (χ4n) is 3.10. The normalized spacial score (nSPS) is 20.6. The summed E-state index contributed by atoms with van der Waals surface area (Å²) in [5.41, 5.74) is 0.434. The molecule has 1 N–H and O–H groups in total. The second-order valence-electron chi connectivity index (χ2n) is 6.21. The monoisotopic (exact) mass is 445 g/mol. The summed E-state index contributed by atoms with van der Waals surface area (Å²) in [5, 5.41) is 11.2. The van der Waals surface area contributed by atoms with Crippen molar-refractivity contribution in [2.75, 3.05) is 16.8 Å². The van der Waals surface area contributed by atoms with Crippen LogP contribution in [0.1, 0.15) is 0 Å². The molecule has 142 valence electrons. The molecular formula is C18H13BrFN5O3. The second-order valence-corrected chi connectivity index (χ2v) is 7.12. The Bertz CT molecular complexity index is 997. The highest BCUT2D eigenvalue weighted by Gasteiger charge is 2.55. The number of anilines is 2. The van der Waals surface area contributed by atoms with Crippen LogP contribution in [-0.2, 0) is 14.4 Å². The van der Waals surface area contributed by atoms with Crippen molar-refractivity contribution in [3.63, 3.8) is 0 Å². The maximum Gasteiger partial charge on any atom is 0.263 e. The summed E-state index contributed by atoms with van der Waals surface area (Å²) in [6, 6.07) is 10.4. The van der Waals surface area contributed by atoms with Gasteiger partial charge < -0.3 is 5.32 Å². The number of carbonyl (C=O) groups is 3. The van der Waals surface area contributed by atoms with Crippen LogP contribution >= 0.6 is 15.9 Å². The number of fused-ring (bicyclic) bond motifs is 1. The van der Waals surface area contributed by atoms with E-state index in [-0.39, 0.29) is 12.2 Å². The first kappa shape index (κ1) is 18.2. The lowest BCUT2D eigenvalue weighted by Gasteiger charge is -2.20. The molecule has 0 radical (unpaired) electrons. The summed E-state index contributed by atoms with van der Waals surface area (Å²) in [4.78, 5) is 38.7. The molecule has 28 heavy (non-hydrogen) atoms. The third-order valence-electron chi connectivity index (χ3n) is 4.40. The first-order valence-electron chi connectivity index (χ1n) is 8.31. The van der Waals surface area contributed by atoms with Crippen LogP contribution in [0.3, 0.4) is 0 Å². The van der Waals surface area contributed by atoms with Crippen LogP contribution in [0.4, 0.5) is 15.8 Å². The summed E-state index contributed by atoms with van der Waals surface area (Å²) in [6.07, 6.45) is 0. The van der Waals surface area contributed by atoms with E-state index >= 15 is 0 Å². The van der Waals surface area contributed by atoms with Gasteiger partial charge in [0.2, 0.25) is 5.91 Å². The number of hydrogen-bond acceptors (Lipinski definition) is 6. The van der Waals surface area contributed by atoms with E-state index in [0.717, 1.165) is 14.4 Å². The molecular weight excluding hydrogens is 433 g/mol. The molecule has 0 aliphatic carbocycles. The smallest absolute Gasteiger partial charge is 0.263 e. The number of imide groups is 1. The number of halogens is 2. The van der Waals surface area contributed by atoms with E-state index in [4.69, 9.17) is 0 Å². The van der Waals surface area contributed by atoms with Crippen LogP contribution < -0.4 is 10.2 Å². The minimum Gasteiger partial charge on any atom is -0.322 e. The first-order valence-corrected chi connectivity index (χ1v) is 9.10. The molecule has 4 rings (SSSR count). The van der Waals surface area contributed by atoms with Gasteiger partial charge in [-0.1, -0.05) is 33.3 Å². The molecule has 10 heteroatoms. The summed E-state index contributed by atoms with van der Waals surface area (Å²) in [6.45, 7) is -0.341. The zero-order chi connectivity index (χ0) is 19.8. The van der Waals surface area contributed by atoms with Crippen LogP contribution in [0, 0.1) is 5.82 Å². The van der Waals surface area contributed by atoms with Crippen LogP contribution in [0.25, 0.3) is 0 Å². The van der Waals surface area contributed by atoms with Crippen molar-refractivity contribution in [2.45, 2.75) is 12.1 Å². The number of carbonyl (C=O) groups excluding carboxylic acids is 3. The number of nitrogens with zero attached hydrogens (tertiary/aromatic N) is 4. The van der Waals surface area contributed by atoms with Gasteiger partial charge in [-0.2, -0.15) is 5.11 Å². The fourth-order valence-corrected chi connectivity index (χ4v) is 3.36. The van der Waals surface area contributed by atoms with E-state index in [1.165, 1.54) is 18.2 Å². The molecule has 1 saturated heterocycles.